The fourth-order valence-corrected chi connectivity index (χ4v) is 0.690. The molecule has 0 bridgehead atoms. The van der Waals surface area contributed by atoms with Crippen molar-refractivity contribution in [3.63, 3.8) is 0 Å². The van der Waals surface area contributed by atoms with Gasteiger partial charge in [0.1, 0.15) is 6.07 Å². The van der Waals surface area contributed by atoms with E-state index in [4.69, 9.17) is 5.26 Å². The van der Waals surface area contributed by atoms with Crippen LogP contribution in [0.15, 0.2) is 11.3 Å². The molecule has 0 aliphatic rings. The molecule has 0 aromatic rings. The minimum Gasteiger partial charge on any atom is -0.462 e. The largest absolute Gasteiger partial charge is 0.462 e. The predicted octanol–water partition coefficient (Wildman–Crippen LogP) is 0.498. The van der Waals surface area contributed by atoms with Crippen LogP contribution >= 0.6 is 0 Å². The van der Waals surface area contributed by atoms with Gasteiger partial charge in [0.15, 0.2) is 5.57 Å². The van der Waals surface area contributed by atoms with Crippen LogP contribution in [-0.4, -0.2) is 19.7 Å². The van der Waals surface area contributed by atoms with Gasteiger partial charge in [-0.25, -0.2) is 4.79 Å². The summed E-state index contributed by atoms with van der Waals surface area (Å²) in [6.45, 7) is 3.47. The highest BCUT2D eigenvalue weighted by Crippen LogP contribution is 2.02. The van der Waals surface area contributed by atoms with E-state index in [2.05, 4.69) is 15.1 Å². The molecule has 0 aromatic heterocycles. The SMILES string of the molecule is CCOC(=O)/C(C#N)=C(\C)NOC. The third-order valence-corrected chi connectivity index (χ3v) is 1.22. The molecule has 13 heavy (non-hydrogen) atoms. The van der Waals surface area contributed by atoms with Gasteiger partial charge in [0.2, 0.25) is 0 Å². The van der Waals surface area contributed by atoms with E-state index >= 15 is 0 Å². The van der Waals surface area contributed by atoms with Crippen molar-refractivity contribution in [3.05, 3.63) is 11.3 Å². The van der Waals surface area contributed by atoms with Gasteiger partial charge in [0.25, 0.3) is 0 Å². The number of esters is 1. The van der Waals surface area contributed by atoms with Crippen molar-refractivity contribution in [1.29, 1.82) is 5.26 Å². The topological polar surface area (TPSA) is 71.4 Å². The zero-order chi connectivity index (χ0) is 10.3. The summed E-state index contributed by atoms with van der Waals surface area (Å²) in [5.41, 5.74) is 2.65. The summed E-state index contributed by atoms with van der Waals surface area (Å²) in [5.74, 6) is -0.646. The normalized spacial score (nSPS) is 11.2. The monoisotopic (exact) mass is 184 g/mol. The summed E-state index contributed by atoms with van der Waals surface area (Å²) < 4.78 is 4.65. The molecule has 5 nitrogen and oxygen atoms in total. The van der Waals surface area contributed by atoms with E-state index < -0.39 is 5.97 Å². The Kier molecular flexibility index (Phi) is 5.32. The Morgan fingerprint density at radius 2 is 2.23 bits per heavy atom. The summed E-state index contributed by atoms with van der Waals surface area (Å²) in [5, 5.41) is 8.62. The minimum atomic E-state index is -0.646. The number of rotatable bonds is 4. The summed E-state index contributed by atoms with van der Waals surface area (Å²) in [6.07, 6.45) is 0. The molecule has 0 amide bonds. The number of hydrogen-bond acceptors (Lipinski definition) is 5. The first-order chi connectivity index (χ1) is 6.17. The maximum absolute atomic E-state index is 11.1. The quantitative estimate of drug-likeness (QED) is 0.298. The molecule has 0 atom stereocenters. The van der Waals surface area contributed by atoms with E-state index in [-0.39, 0.29) is 12.2 Å². The summed E-state index contributed by atoms with van der Waals surface area (Å²) >= 11 is 0. The molecule has 0 aliphatic heterocycles. The number of carbonyl (C=O) groups is 1. The lowest BCUT2D eigenvalue weighted by molar-refractivity contribution is -0.138. The highest BCUT2D eigenvalue weighted by atomic mass is 16.6. The van der Waals surface area contributed by atoms with E-state index in [0.717, 1.165) is 0 Å². The van der Waals surface area contributed by atoms with Gasteiger partial charge in [-0.1, -0.05) is 0 Å². The first-order valence-corrected chi connectivity index (χ1v) is 3.74. The Labute approximate surface area is 76.9 Å². The van der Waals surface area contributed by atoms with Gasteiger partial charge < -0.3 is 4.74 Å². The van der Waals surface area contributed by atoms with Crippen molar-refractivity contribution in [1.82, 2.24) is 5.48 Å². The summed E-state index contributed by atoms with van der Waals surface area (Å²) in [7, 11) is 1.39. The number of nitrogens with one attached hydrogen (secondary N) is 1. The van der Waals surface area contributed by atoms with Crippen LogP contribution in [0.1, 0.15) is 13.8 Å². The molecule has 0 spiro atoms. The second-order valence-electron chi connectivity index (χ2n) is 2.14. The molecule has 0 aliphatic carbocycles. The van der Waals surface area contributed by atoms with Crippen molar-refractivity contribution in [2.24, 2.45) is 0 Å². The van der Waals surface area contributed by atoms with Gasteiger partial charge in [0.05, 0.1) is 19.4 Å². The Bertz CT molecular complexity index is 253. The Morgan fingerprint density at radius 3 is 2.62 bits per heavy atom. The third-order valence-electron chi connectivity index (χ3n) is 1.22. The molecular weight excluding hydrogens is 172 g/mol. The molecule has 5 heteroatoms. The minimum absolute atomic E-state index is 0.0799. The van der Waals surface area contributed by atoms with Crippen molar-refractivity contribution >= 4 is 5.97 Å². The summed E-state index contributed by atoms with van der Waals surface area (Å²) in [6, 6.07) is 1.73. The van der Waals surface area contributed by atoms with Crippen LogP contribution in [0.5, 0.6) is 0 Å². The number of ether oxygens (including phenoxy) is 1. The van der Waals surface area contributed by atoms with Gasteiger partial charge in [-0.2, -0.15) is 5.26 Å². The van der Waals surface area contributed by atoms with Crippen LogP contribution in [0.2, 0.25) is 0 Å². The van der Waals surface area contributed by atoms with Crippen molar-refractivity contribution in [2.75, 3.05) is 13.7 Å². The number of hydroxylamine groups is 1. The summed E-state index contributed by atoms with van der Waals surface area (Å²) in [4.78, 5) is 15.6. The molecule has 0 saturated heterocycles. The molecule has 0 aromatic carbocycles. The van der Waals surface area contributed by atoms with Crippen LogP contribution < -0.4 is 5.48 Å². The molecule has 0 rings (SSSR count). The van der Waals surface area contributed by atoms with Gasteiger partial charge in [-0.05, 0) is 13.8 Å². The van der Waals surface area contributed by atoms with Gasteiger partial charge in [-0.3, -0.25) is 10.3 Å². The van der Waals surface area contributed by atoms with Crippen molar-refractivity contribution < 1.29 is 14.4 Å². The zero-order valence-corrected chi connectivity index (χ0v) is 7.88. The number of allylic oxidation sites excluding steroid dienone is 1. The molecule has 72 valence electrons. The van der Waals surface area contributed by atoms with Crippen LogP contribution in [0.4, 0.5) is 0 Å². The average molecular weight is 184 g/mol. The maximum atomic E-state index is 11.1. The fourth-order valence-electron chi connectivity index (χ4n) is 0.690. The third kappa shape index (κ3) is 3.58. The lowest BCUT2D eigenvalue weighted by Gasteiger charge is -2.05. The average Bonchev–Trinajstić information content (AvgIpc) is 2.06. The smallest absolute Gasteiger partial charge is 0.350 e. The van der Waals surface area contributed by atoms with E-state index in [1.807, 2.05) is 0 Å². The second kappa shape index (κ2) is 6.03. The second-order valence-corrected chi connectivity index (χ2v) is 2.14. The van der Waals surface area contributed by atoms with Crippen LogP contribution in [0.3, 0.4) is 0 Å². The van der Waals surface area contributed by atoms with E-state index in [9.17, 15) is 4.79 Å². The van der Waals surface area contributed by atoms with E-state index in [0.29, 0.717) is 5.70 Å². The van der Waals surface area contributed by atoms with Crippen LogP contribution in [0.25, 0.3) is 0 Å². The highest BCUT2D eigenvalue weighted by molar-refractivity contribution is 5.93. The fraction of sp³-hybridized carbons (Fsp3) is 0.500. The van der Waals surface area contributed by atoms with Crippen LogP contribution in [-0.2, 0) is 14.4 Å². The van der Waals surface area contributed by atoms with E-state index in [1.54, 1.807) is 19.9 Å². The highest BCUT2D eigenvalue weighted by Gasteiger charge is 2.13. The maximum Gasteiger partial charge on any atom is 0.350 e. The Morgan fingerprint density at radius 1 is 1.62 bits per heavy atom. The lowest BCUT2D eigenvalue weighted by Crippen LogP contribution is -2.16. The van der Waals surface area contributed by atoms with Gasteiger partial charge in [-0.15, -0.1) is 0 Å². The molecule has 0 unspecified atom stereocenters. The van der Waals surface area contributed by atoms with Gasteiger partial charge >= 0.3 is 5.97 Å². The van der Waals surface area contributed by atoms with Crippen molar-refractivity contribution in [2.45, 2.75) is 13.8 Å². The molecule has 0 fully saturated rings. The molecule has 1 N–H and O–H groups in total. The van der Waals surface area contributed by atoms with Gasteiger partial charge in [0, 0.05) is 0 Å². The number of hydrogen-bond donors (Lipinski definition) is 1. The Hall–Kier alpha value is -1.54. The molecule has 0 saturated carbocycles. The first kappa shape index (κ1) is 11.5. The molecule has 0 heterocycles. The van der Waals surface area contributed by atoms with Crippen LogP contribution in [0, 0.1) is 11.3 Å². The number of nitriles is 1. The Balaban J connectivity index is 4.59. The standard InChI is InChI=1S/C8H12N2O3/c1-4-13-8(11)7(5-9)6(2)10-12-3/h10H,4H2,1-3H3/b7-6+. The van der Waals surface area contributed by atoms with E-state index in [1.165, 1.54) is 7.11 Å². The predicted molar refractivity (Wildman–Crippen MR) is 45.1 cm³/mol. The first-order valence-electron chi connectivity index (χ1n) is 3.74. The zero-order valence-electron chi connectivity index (χ0n) is 7.88. The number of carbonyl (C=O) groups excluding carboxylic acids is 1. The lowest BCUT2D eigenvalue weighted by atomic mass is 10.2. The molecule has 0 radical (unpaired) electrons. The molecular formula is C8H12N2O3. The van der Waals surface area contributed by atoms with Crippen molar-refractivity contribution in [3.8, 4) is 6.07 Å². The number of nitrogens with zero attached hydrogens (tertiary/aromatic N) is 1.